The first kappa shape index (κ1) is 26.4. The fourth-order valence-electron chi connectivity index (χ4n) is 2.29. The predicted molar refractivity (Wildman–Crippen MR) is 110 cm³/mol. The summed E-state index contributed by atoms with van der Waals surface area (Å²) in [5, 5.41) is 20.3. The van der Waals surface area contributed by atoms with E-state index in [1.807, 2.05) is 0 Å². The lowest BCUT2D eigenvalue weighted by atomic mass is 10.0. The Morgan fingerprint density at radius 2 is 1.72 bits per heavy atom. The minimum atomic E-state index is -5.08. The highest BCUT2D eigenvalue weighted by molar-refractivity contribution is 6.35. The van der Waals surface area contributed by atoms with Crippen molar-refractivity contribution in [2.24, 2.45) is 22.4 Å². The summed E-state index contributed by atoms with van der Waals surface area (Å²) in [5.74, 6) is -4.62. The Labute approximate surface area is 184 Å². The van der Waals surface area contributed by atoms with Gasteiger partial charge in [0.05, 0.1) is 5.02 Å². The molecule has 32 heavy (non-hydrogen) atoms. The molecular formula is C18H19ClF3N5O5. The number of alkyl halides is 3. The number of aliphatic carboxylic acids is 2. The number of aliphatic imine (C=N–C) groups is 1. The maximum atomic E-state index is 12.4. The lowest BCUT2D eigenvalue weighted by Gasteiger charge is -2.18. The average Bonchev–Trinajstić information content (AvgIpc) is 2.66. The van der Waals surface area contributed by atoms with Crippen molar-refractivity contribution in [2.75, 3.05) is 0 Å². The molecule has 0 saturated heterocycles. The van der Waals surface area contributed by atoms with Crippen LogP contribution in [0.5, 0.6) is 0 Å². The maximum absolute atomic E-state index is 12.4. The summed E-state index contributed by atoms with van der Waals surface area (Å²) in [6.07, 6.45) is -3.68. The SMILES string of the molecule is CC(C)[C@H](NC(=O)c1ccc2c(Cl)cnc(N=C(N)N)c2c1)C(=O)O.O=C(O)C(F)(F)F. The molecule has 0 aliphatic carbocycles. The topological polar surface area (TPSA) is 181 Å². The van der Waals surface area contributed by atoms with Crippen molar-refractivity contribution in [2.45, 2.75) is 26.1 Å². The lowest BCUT2D eigenvalue weighted by Crippen LogP contribution is -2.44. The monoisotopic (exact) mass is 477 g/mol. The number of nitrogens with two attached hydrogens (primary N) is 2. The molecule has 1 amide bonds. The van der Waals surface area contributed by atoms with Crippen LogP contribution in [0.25, 0.3) is 10.8 Å². The molecule has 1 aromatic carbocycles. The van der Waals surface area contributed by atoms with Crippen molar-refractivity contribution >= 4 is 52.0 Å². The van der Waals surface area contributed by atoms with Gasteiger partial charge >= 0.3 is 18.1 Å². The Morgan fingerprint density at radius 3 is 2.16 bits per heavy atom. The standard InChI is InChI=1S/C16H18ClN5O3.C2HF3O2/c1-7(2)12(15(24)25)21-14(23)8-3-4-9-10(5-8)13(22-16(18)19)20-6-11(9)17;3-2(4,5)1(6)7/h3-7,12H,1-2H3,(H,21,23)(H,24,25)(H4,18,19,20,22);(H,6,7)/t12-;/m0./s1. The van der Waals surface area contributed by atoms with Crippen LogP contribution in [-0.4, -0.2) is 51.2 Å². The molecule has 10 nitrogen and oxygen atoms in total. The number of hydrogen-bond donors (Lipinski definition) is 5. The third kappa shape index (κ3) is 7.27. The maximum Gasteiger partial charge on any atom is 0.490 e. The number of rotatable bonds is 5. The Morgan fingerprint density at radius 1 is 1.16 bits per heavy atom. The highest BCUT2D eigenvalue weighted by atomic mass is 35.5. The summed E-state index contributed by atoms with van der Waals surface area (Å²) in [6.45, 7) is 3.42. The van der Waals surface area contributed by atoms with Crippen LogP contribution in [0, 0.1) is 5.92 Å². The summed E-state index contributed by atoms with van der Waals surface area (Å²) >= 11 is 6.11. The van der Waals surface area contributed by atoms with Crippen molar-refractivity contribution in [3.05, 3.63) is 35.0 Å². The molecule has 1 aromatic heterocycles. The number of halogens is 4. The zero-order chi connectivity index (χ0) is 24.8. The summed E-state index contributed by atoms with van der Waals surface area (Å²) in [5.41, 5.74) is 11.0. The summed E-state index contributed by atoms with van der Waals surface area (Å²) in [6, 6.07) is 3.69. The Kier molecular flexibility index (Phi) is 8.77. The molecule has 0 aliphatic rings. The second-order valence-electron chi connectivity index (χ2n) is 6.56. The number of aromatic nitrogens is 1. The van der Waals surface area contributed by atoms with E-state index in [-0.39, 0.29) is 23.3 Å². The van der Waals surface area contributed by atoms with Gasteiger partial charge in [-0.3, -0.25) is 4.79 Å². The number of carbonyl (C=O) groups is 3. The van der Waals surface area contributed by atoms with Crippen LogP contribution in [0.3, 0.4) is 0 Å². The number of guanidine groups is 1. The van der Waals surface area contributed by atoms with Gasteiger partial charge in [0.1, 0.15) is 6.04 Å². The highest BCUT2D eigenvalue weighted by Gasteiger charge is 2.38. The van der Waals surface area contributed by atoms with E-state index in [1.165, 1.54) is 12.3 Å². The number of carboxylic acid groups (broad SMARTS) is 2. The molecule has 174 valence electrons. The number of nitrogens with zero attached hydrogens (tertiary/aromatic N) is 2. The van der Waals surface area contributed by atoms with Crippen LogP contribution in [-0.2, 0) is 9.59 Å². The second-order valence-corrected chi connectivity index (χ2v) is 6.97. The molecule has 0 fully saturated rings. The van der Waals surface area contributed by atoms with Crippen LogP contribution < -0.4 is 16.8 Å². The second kappa shape index (κ2) is 10.6. The normalized spacial score (nSPS) is 11.8. The number of amides is 1. The fourth-order valence-corrected chi connectivity index (χ4v) is 2.50. The first-order chi connectivity index (χ1) is 14.6. The number of nitrogens with one attached hydrogen (secondary N) is 1. The van der Waals surface area contributed by atoms with Gasteiger partial charge in [-0.1, -0.05) is 31.5 Å². The number of benzene rings is 1. The van der Waals surface area contributed by atoms with Crippen LogP contribution in [0.15, 0.2) is 29.4 Å². The molecule has 0 radical (unpaired) electrons. The number of carboxylic acids is 2. The summed E-state index contributed by atoms with van der Waals surface area (Å²) in [7, 11) is 0. The van der Waals surface area contributed by atoms with Crippen LogP contribution in [0.1, 0.15) is 24.2 Å². The van der Waals surface area contributed by atoms with E-state index in [4.69, 9.17) is 33.0 Å². The van der Waals surface area contributed by atoms with Gasteiger partial charge in [-0.15, -0.1) is 0 Å². The van der Waals surface area contributed by atoms with E-state index in [1.54, 1.807) is 26.0 Å². The Bertz CT molecular complexity index is 1060. The quantitative estimate of drug-likeness (QED) is 0.321. The van der Waals surface area contributed by atoms with Gasteiger partial charge in [0.15, 0.2) is 11.8 Å². The first-order valence-corrected chi connectivity index (χ1v) is 9.04. The number of pyridine rings is 1. The molecule has 0 saturated carbocycles. The third-order valence-corrected chi connectivity index (χ3v) is 4.08. The largest absolute Gasteiger partial charge is 0.490 e. The third-order valence-electron chi connectivity index (χ3n) is 3.78. The zero-order valence-electron chi connectivity index (χ0n) is 16.6. The predicted octanol–water partition coefficient (Wildman–Crippen LogP) is 2.27. The van der Waals surface area contributed by atoms with Crippen LogP contribution >= 0.6 is 11.6 Å². The van der Waals surface area contributed by atoms with Crippen molar-refractivity contribution in [1.29, 1.82) is 0 Å². The number of hydrogen-bond acceptors (Lipinski definition) is 5. The van der Waals surface area contributed by atoms with Crippen molar-refractivity contribution in [3.8, 4) is 0 Å². The average molecular weight is 478 g/mol. The number of carbonyl (C=O) groups excluding carboxylic acids is 1. The van der Waals surface area contributed by atoms with Crippen molar-refractivity contribution in [1.82, 2.24) is 10.3 Å². The molecule has 7 N–H and O–H groups in total. The minimum Gasteiger partial charge on any atom is -0.480 e. The Hall–Kier alpha value is -3.61. The molecule has 1 atom stereocenters. The van der Waals surface area contributed by atoms with Gasteiger partial charge in [0, 0.05) is 22.5 Å². The van der Waals surface area contributed by atoms with Crippen LogP contribution in [0.2, 0.25) is 5.02 Å². The van der Waals surface area contributed by atoms with Gasteiger partial charge in [0.25, 0.3) is 5.91 Å². The van der Waals surface area contributed by atoms with Crippen LogP contribution in [0.4, 0.5) is 19.0 Å². The van der Waals surface area contributed by atoms with Gasteiger partial charge in [-0.2, -0.15) is 18.2 Å². The summed E-state index contributed by atoms with van der Waals surface area (Å²) < 4.78 is 31.7. The van der Waals surface area contributed by atoms with E-state index in [0.717, 1.165) is 0 Å². The molecule has 0 bridgehead atoms. The van der Waals surface area contributed by atoms with Crippen molar-refractivity contribution in [3.63, 3.8) is 0 Å². The van der Waals surface area contributed by atoms with E-state index in [9.17, 15) is 27.9 Å². The van der Waals surface area contributed by atoms with E-state index < -0.39 is 30.1 Å². The molecule has 2 rings (SSSR count). The fraction of sp³-hybridized carbons (Fsp3) is 0.278. The molecule has 0 unspecified atom stereocenters. The zero-order valence-corrected chi connectivity index (χ0v) is 17.4. The highest BCUT2D eigenvalue weighted by Crippen LogP contribution is 2.30. The molecule has 14 heteroatoms. The minimum absolute atomic E-state index is 0.184. The van der Waals surface area contributed by atoms with Gasteiger partial charge < -0.3 is 27.0 Å². The van der Waals surface area contributed by atoms with E-state index in [0.29, 0.717) is 15.8 Å². The van der Waals surface area contributed by atoms with Crippen molar-refractivity contribution < 1.29 is 37.8 Å². The molecular weight excluding hydrogens is 459 g/mol. The molecule has 0 aliphatic heterocycles. The molecule has 1 heterocycles. The van der Waals surface area contributed by atoms with E-state index >= 15 is 0 Å². The van der Waals surface area contributed by atoms with Gasteiger partial charge in [-0.05, 0) is 18.1 Å². The van der Waals surface area contributed by atoms with Gasteiger partial charge in [-0.25, -0.2) is 14.6 Å². The smallest absolute Gasteiger partial charge is 0.480 e. The van der Waals surface area contributed by atoms with Gasteiger partial charge in [0.2, 0.25) is 0 Å². The first-order valence-electron chi connectivity index (χ1n) is 8.66. The molecule has 0 spiro atoms. The summed E-state index contributed by atoms with van der Waals surface area (Å²) in [4.78, 5) is 40.5. The number of fused-ring (bicyclic) bond motifs is 1. The molecule has 2 aromatic rings. The Balaban J connectivity index is 0.000000633. The van der Waals surface area contributed by atoms with E-state index in [2.05, 4.69) is 15.3 Å². The lowest BCUT2D eigenvalue weighted by molar-refractivity contribution is -0.192.